The van der Waals surface area contributed by atoms with Crippen molar-refractivity contribution < 1.29 is 4.79 Å². The number of nitrogens with zero attached hydrogens (tertiary/aromatic N) is 1. The highest BCUT2D eigenvalue weighted by molar-refractivity contribution is 6.33. The zero-order chi connectivity index (χ0) is 10.0. The van der Waals surface area contributed by atoms with E-state index in [2.05, 4.69) is 10.3 Å². The molecule has 4 nitrogen and oxygen atoms in total. The van der Waals surface area contributed by atoms with E-state index in [0.29, 0.717) is 11.4 Å². The number of halogens is 1. The summed E-state index contributed by atoms with van der Waals surface area (Å²) in [5.41, 5.74) is 6.88. The molecule has 70 valence electrons. The molecular formula is C8H10ClN3O. The van der Waals surface area contributed by atoms with Gasteiger partial charge in [0.15, 0.2) is 0 Å². The molecule has 0 aromatic carbocycles. The molecule has 1 aromatic rings. The number of nitrogens with two attached hydrogens (primary N) is 1. The summed E-state index contributed by atoms with van der Waals surface area (Å²) in [6.07, 6.45) is 0. The number of rotatable bonds is 1. The Balaban J connectivity index is 3.28. The molecule has 1 rings (SSSR count). The first kappa shape index (κ1) is 9.80. The van der Waals surface area contributed by atoms with Crippen molar-refractivity contribution in [1.29, 1.82) is 0 Å². The van der Waals surface area contributed by atoms with Gasteiger partial charge in [0.05, 0.1) is 5.56 Å². The maximum atomic E-state index is 11.3. The van der Waals surface area contributed by atoms with Gasteiger partial charge in [0.2, 0.25) is 0 Å². The van der Waals surface area contributed by atoms with Crippen LogP contribution in [0.3, 0.4) is 0 Å². The third kappa shape index (κ3) is 1.89. The average Bonchev–Trinajstić information content (AvgIpc) is 2.02. The molecule has 0 bridgehead atoms. The first-order valence-electron chi connectivity index (χ1n) is 3.71. The third-order valence-corrected chi connectivity index (χ3v) is 1.86. The van der Waals surface area contributed by atoms with E-state index in [1.54, 1.807) is 13.0 Å². The Hall–Kier alpha value is -1.29. The van der Waals surface area contributed by atoms with Gasteiger partial charge in [-0.1, -0.05) is 11.6 Å². The second kappa shape index (κ2) is 3.62. The van der Waals surface area contributed by atoms with Gasteiger partial charge in [0.25, 0.3) is 5.91 Å². The quantitative estimate of drug-likeness (QED) is 0.663. The summed E-state index contributed by atoms with van der Waals surface area (Å²) < 4.78 is 0. The van der Waals surface area contributed by atoms with Crippen molar-refractivity contribution in [3.8, 4) is 0 Å². The van der Waals surface area contributed by atoms with Crippen LogP contribution in [0.4, 0.5) is 5.69 Å². The Morgan fingerprint density at radius 1 is 1.69 bits per heavy atom. The number of carbonyl (C=O) groups excluding carboxylic acids is 1. The lowest BCUT2D eigenvalue weighted by Crippen LogP contribution is -2.20. The fraction of sp³-hybridized carbons (Fsp3) is 0.250. The van der Waals surface area contributed by atoms with E-state index < -0.39 is 0 Å². The van der Waals surface area contributed by atoms with E-state index in [0.717, 1.165) is 0 Å². The molecule has 0 unspecified atom stereocenters. The summed E-state index contributed by atoms with van der Waals surface area (Å²) in [5.74, 6) is -0.324. The molecule has 0 aliphatic heterocycles. The number of carbonyl (C=O) groups is 1. The molecule has 0 radical (unpaired) electrons. The maximum absolute atomic E-state index is 11.3. The fourth-order valence-electron chi connectivity index (χ4n) is 1.01. The normalized spacial score (nSPS) is 9.77. The molecule has 0 fully saturated rings. The molecule has 1 heterocycles. The van der Waals surface area contributed by atoms with Crippen LogP contribution < -0.4 is 11.1 Å². The smallest absolute Gasteiger partial charge is 0.256 e. The van der Waals surface area contributed by atoms with Crippen LogP contribution in [0.5, 0.6) is 0 Å². The lowest BCUT2D eigenvalue weighted by molar-refractivity contribution is 0.0964. The minimum Gasteiger partial charge on any atom is -0.398 e. The van der Waals surface area contributed by atoms with E-state index in [1.807, 2.05) is 0 Å². The summed E-state index contributed by atoms with van der Waals surface area (Å²) in [6, 6.07) is 1.61. The van der Waals surface area contributed by atoms with Gasteiger partial charge >= 0.3 is 0 Å². The minimum atomic E-state index is -0.324. The summed E-state index contributed by atoms with van der Waals surface area (Å²) >= 11 is 5.76. The van der Waals surface area contributed by atoms with Crippen molar-refractivity contribution in [3.05, 3.63) is 22.5 Å². The minimum absolute atomic E-state index is 0.136. The molecular weight excluding hydrogens is 190 g/mol. The van der Waals surface area contributed by atoms with E-state index >= 15 is 0 Å². The zero-order valence-corrected chi connectivity index (χ0v) is 8.14. The summed E-state index contributed by atoms with van der Waals surface area (Å²) in [4.78, 5) is 15.2. The highest BCUT2D eigenvalue weighted by atomic mass is 35.5. The second-order valence-electron chi connectivity index (χ2n) is 2.60. The van der Waals surface area contributed by atoms with Gasteiger partial charge in [0.1, 0.15) is 5.15 Å². The molecule has 5 heteroatoms. The predicted molar refractivity (Wildman–Crippen MR) is 51.8 cm³/mol. The third-order valence-electron chi connectivity index (χ3n) is 1.59. The summed E-state index contributed by atoms with van der Waals surface area (Å²) in [5, 5.41) is 2.57. The lowest BCUT2D eigenvalue weighted by atomic mass is 10.2. The highest BCUT2D eigenvalue weighted by Crippen LogP contribution is 2.20. The predicted octanol–water partition coefficient (Wildman–Crippen LogP) is 0.985. The molecule has 1 aromatic heterocycles. The topological polar surface area (TPSA) is 68.0 Å². The van der Waals surface area contributed by atoms with E-state index in [-0.39, 0.29) is 16.6 Å². The van der Waals surface area contributed by atoms with Crippen LogP contribution >= 0.6 is 11.6 Å². The Bertz CT molecular complexity index is 328. The molecule has 3 N–H and O–H groups in total. The maximum Gasteiger partial charge on any atom is 0.256 e. The molecule has 0 aliphatic rings. The van der Waals surface area contributed by atoms with Crippen molar-refractivity contribution in [1.82, 2.24) is 10.3 Å². The lowest BCUT2D eigenvalue weighted by Gasteiger charge is -2.06. The van der Waals surface area contributed by atoms with Crippen molar-refractivity contribution in [2.75, 3.05) is 12.8 Å². The first-order valence-corrected chi connectivity index (χ1v) is 4.08. The summed E-state index contributed by atoms with van der Waals surface area (Å²) in [7, 11) is 1.51. The van der Waals surface area contributed by atoms with Crippen molar-refractivity contribution >= 4 is 23.2 Å². The van der Waals surface area contributed by atoms with Gasteiger partial charge in [-0.05, 0) is 13.0 Å². The van der Waals surface area contributed by atoms with Crippen LogP contribution in [0.25, 0.3) is 0 Å². The fourth-order valence-corrected chi connectivity index (χ4v) is 1.34. The summed E-state index contributed by atoms with van der Waals surface area (Å²) in [6.45, 7) is 1.76. The average molecular weight is 200 g/mol. The van der Waals surface area contributed by atoms with Gasteiger partial charge in [-0.3, -0.25) is 4.79 Å². The molecule has 0 spiro atoms. The monoisotopic (exact) mass is 199 g/mol. The standard InChI is InChI=1S/C8H10ClN3O/c1-4-3-5(10)6(7(9)12-4)8(13)11-2/h3H,1-2H3,(H2,10,12)(H,11,13). The molecule has 13 heavy (non-hydrogen) atoms. The number of pyridine rings is 1. The van der Waals surface area contributed by atoms with Gasteiger partial charge < -0.3 is 11.1 Å². The van der Waals surface area contributed by atoms with Crippen molar-refractivity contribution in [2.24, 2.45) is 0 Å². The van der Waals surface area contributed by atoms with Crippen LogP contribution in [0.2, 0.25) is 5.15 Å². The number of hydrogen-bond donors (Lipinski definition) is 2. The van der Waals surface area contributed by atoms with Crippen LogP contribution in [0, 0.1) is 6.92 Å². The zero-order valence-electron chi connectivity index (χ0n) is 7.39. The largest absolute Gasteiger partial charge is 0.398 e. The number of amides is 1. The first-order chi connectivity index (χ1) is 6.06. The number of nitrogens with one attached hydrogen (secondary N) is 1. The number of anilines is 1. The second-order valence-corrected chi connectivity index (χ2v) is 2.96. The molecule has 0 saturated heterocycles. The number of aryl methyl sites for hydroxylation is 1. The SMILES string of the molecule is CNC(=O)c1c(N)cc(C)nc1Cl. The Morgan fingerprint density at radius 3 is 2.77 bits per heavy atom. The van der Waals surface area contributed by atoms with E-state index in [4.69, 9.17) is 17.3 Å². The molecule has 0 atom stereocenters. The van der Waals surface area contributed by atoms with Crippen LogP contribution in [-0.4, -0.2) is 17.9 Å². The molecule has 1 amide bonds. The number of nitrogen functional groups attached to an aromatic ring is 1. The van der Waals surface area contributed by atoms with Gasteiger partial charge in [-0.2, -0.15) is 0 Å². The van der Waals surface area contributed by atoms with E-state index in [1.165, 1.54) is 7.05 Å². The highest BCUT2D eigenvalue weighted by Gasteiger charge is 2.14. The van der Waals surface area contributed by atoms with Crippen molar-refractivity contribution in [2.45, 2.75) is 6.92 Å². The van der Waals surface area contributed by atoms with Crippen LogP contribution in [-0.2, 0) is 0 Å². The number of aromatic nitrogens is 1. The van der Waals surface area contributed by atoms with Gasteiger partial charge in [-0.25, -0.2) is 4.98 Å². The Labute approximate surface area is 81.1 Å². The Morgan fingerprint density at radius 2 is 2.31 bits per heavy atom. The van der Waals surface area contributed by atoms with Gasteiger partial charge in [-0.15, -0.1) is 0 Å². The molecule has 0 saturated carbocycles. The van der Waals surface area contributed by atoms with Crippen molar-refractivity contribution in [3.63, 3.8) is 0 Å². The van der Waals surface area contributed by atoms with Crippen LogP contribution in [0.1, 0.15) is 16.1 Å². The Kier molecular flexibility index (Phi) is 2.72. The number of hydrogen-bond acceptors (Lipinski definition) is 3. The molecule has 0 aliphatic carbocycles. The van der Waals surface area contributed by atoms with Crippen LogP contribution in [0.15, 0.2) is 6.07 Å². The van der Waals surface area contributed by atoms with Gasteiger partial charge in [0, 0.05) is 18.4 Å². The van der Waals surface area contributed by atoms with E-state index in [9.17, 15) is 4.79 Å².